The summed E-state index contributed by atoms with van der Waals surface area (Å²) in [6.07, 6.45) is 18.0. The van der Waals surface area contributed by atoms with Gasteiger partial charge in [0.15, 0.2) is 5.60 Å². The van der Waals surface area contributed by atoms with Crippen LogP contribution in [-0.2, 0) is 19.1 Å². The molecule has 31 heavy (non-hydrogen) atoms. The van der Waals surface area contributed by atoms with Crippen molar-refractivity contribution in [2.75, 3.05) is 6.61 Å². The molecule has 0 aliphatic rings. The second-order valence-electron chi connectivity index (χ2n) is 8.61. The summed E-state index contributed by atoms with van der Waals surface area (Å²) < 4.78 is 4.93. The van der Waals surface area contributed by atoms with Gasteiger partial charge in [-0.2, -0.15) is 0 Å². The number of carboxylic acid groups (broad SMARTS) is 2. The molecule has 0 saturated heterocycles. The van der Waals surface area contributed by atoms with Crippen LogP contribution >= 0.6 is 0 Å². The fourth-order valence-corrected chi connectivity index (χ4v) is 3.59. The number of aliphatic hydroxyl groups is 1. The average molecular weight is 445 g/mol. The molecule has 182 valence electrons. The second kappa shape index (κ2) is 19.1. The largest absolute Gasteiger partial charge is 0.481 e. The van der Waals surface area contributed by atoms with Crippen LogP contribution in [0.1, 0.15) is 122 Å². The molecule has 0 aromatic rings. The SMILES string of the molecule is CCCCCCCCCCCCCCCCCCOC(=O)CC(O)(CC(=O)O)C(=O)O. The van der Waals surface area contributed by atoms with Gasteiger partial charge in [0.1, 0.15) is 0 Å². The molecule has 0 aliphatic heterocycles. The maximum absolute atomic E-state index is 11.7. The molecular formula is C24H44O7. The summed E-state index contributed by atoms with van der Waals surface area (Å²) in [5, 5.41) is 27.4. The van der Waals surface area contributed by atoms with Crippen molar-refractivity contribution in [3.05, 3.63) is 0 Å². The van der Waals surface area contributed by atoms with Gasteiger partial charge in [-0.05, 0) is 6.42 Å². The first kappa shape index (κ1) is 29.4. The van der Waals surface area contributed by atoms with Crippen molar-refractivity contribution in [1.82, 2.24) is 0 Å². The van der Waals surface area contributed by atoms with Gasteiger partial charge in [-0.1, -0.05) is 103 Å². The molecule has 0 rings (SSSR count). The zero-order valence-corrected chi connectivity index (χ0v) is 19.4. The van der Waals surface area contributed by atoms with E-state index in [9.17, 15) is 19.5 Å². The highest BCUT2D eigenvalue weighted by Crippen LogP contribution is 2.17. The molecule has 0 aliphatic carbocycles. The van der Waals surface area contributed by atoms with E-state index in [-0.39, 0.29) is 6.61 Å². The van der Waals surface area contributed by atoms with E-state index in [1.165, 1.54) is 77.0 Å². The monoisotopic (exact) mass is 444 g/mol. The van der Waals surface area contributed by atoms with Gasteiger partial charge in [0, 0.05) is 0 Å². The Hall–Kier alpha value is -1.63. The second-order valence-corrected chi connectivity index (χ2v) is 8.61. The van der Waals surface area contributed by atoms with Gasteiger partial charge in [-0.25, -0.2) is 4.79 Å². The fourth-order valence-electron chi connectivity index (χ4n) is 3.59. The van der Waals surface area contributed by atoms with Gasteiger partial charge in [0.05, 0.1) is 19.4 Å². The van der Waals surface area contributed by atoms with Crippen molar-refractivity contribution in [2.24, 2.45) is 0 Å². The zero-order chi connectivity index (χ0) is 23.4. The number of aliphatic carboxylic acids is 2. The third-order valence-electron chi connectivity index (χ3n) is 5.54. The Balaban J connectivity index is 3.49. The Bertz CT molecular complexity index is 492. The Morgan fingerprint density at radius 3 is 1.39 bits per heavy atom. The van der Waals surface area contributed by atoms with Crippen LogP contribution in [0.4, 0.5) is 0 Å². The van der Waals surface area contributed by atoms with Gasteiger partial charge >= 0.3 is 17.9 Å². The molecule has 3 N–H and O–H groups in total. The summed E-state index contributed by atoms with van der Waals surface area (Å²) in [6, 6.07) is 0. The van der Waals surface area contributed by atoms with E-state index in [0.29, 0.717) is 6.42 Å². The summed E-state index contributed by atoms with van der Waals surface area (Å²) >= 11 is 0. The van der Waals surface area contributed by atoms with Gasteiger partial charge < -0.3 is 20.1 Å². The number of esters is 1. The predicted octanol–water partition coefficient (Wildman–Crippen LogP) is 5.47. The number of hydrogen-bond donors (Lipinski definition) is 3. The van der Waals surface area contributed by atoms with Gasteiger partial charge in [-0.15, -0.1) is 0 Å². The Morgan fingerprint density at radius 1 is 0.645 bits per heavy atom. The molecule has 0 bridgehead atoms. The van der Waals surface area contributed by atoms with Gasteiger partial charge in [-0.3, -0.25) is 9.59 Å². The number of carboxylic acids is 2. The summed E-state index contributed by atoms with van der Waals surface area (Å²) in [6.45, 7) is 2.40. The summed E-state index contributed by atoms with van der Waals surface area (Å²) in [5.41, 5.74) is -2.63. The third kappa shape index (κ3) is 17.7. The molecule has 0 aromatic carbocycles. The molecule has 0 heterocycles. The minimum atomic E-state index is -2.63. The molecule has 0 spiro atoms. The van der Waals surface area contributed by atoms with E-state index in [4.69, 9.17) is 14.9 Å². The summed E-state index contributed by atoms with van der Waals surface area (Å²) in [5.74, 6) is -4.13. The van der Waals surface area contributed by atoms with Crippen molar-refractivity contribution >= 4 is 17.9 Å². The van der Waals surface area contributed by atoms with Crippen LogP contribution in [0.15, 0.2) is 0 Å². The average Bonchev–Trinajstić information content (AvgIpc) is 2.69. The Morgan fingerprint density at radius 2 is 1.03 bits per heavy atom. The molecular weight excluding hydrogens is 400 g/mol. The smallest absolute Gasteiger partial charge is 0.336 e. The van der Waals surface area contributed by atoms with E-state index >= 15 is 0 Å². The number of carbonyl (C=O) groups is 3. The minimum Gasteiger partial charge on any atom is -0.481 e. The van der Waals surface area contributed by atoms with Crippen LogP contribution in [0.25, 0.3) is 0 Å². The maximum Gasteiger partial charge on any atom is 0.336 e. The molecule has 1 unspecified atom stereocenters. The van der Waals surface area contributed by atoms with Crippen LogP contribution in [0.2, 0.25) is 0 Å². The number of rotatable bonds is 22. The molecule has 0 amide bonds. The summed E-state index contributed by atoms with van der Waals surface area (Å²) in [4.78, 5) is 33.3. The number of unbranched alkanes of at least 4 members (excludes halogenated alkanes) is 15. The highest BCUT2D eigenvalue weighted by molar-refractivity contribution is 5.88. The normalized spacial score (nSPS) is 13.0. The van der Waals surface area contributed by atoms with E-state index in [1.807, 2.05) is 0 Å². The first-order chi connectivity index (χ1) is 14.8. The van der Waals surface area contributed by atoms with E-state index in [1.54, 1.807) is 0 Å². The van der Waals surface area contributed by atoms with Crippen molar-refractivity contribution in [3.63, 3.8) is 0 Å². The lowest BCUT2D eigenvalue weighted by Gasteiger charge is -2.20. The highest BCUT2D eigenvalue weighted by atomic mass is 16.5. The Labute approximate surface area is 187 Å². The molecule has 0 radical (unpaired) electrons. The van der Waals surface area contributed by atoms with Gasteiger partial charge in [0.2, 0.25) is 0 Å². The molecule has 1 atom stereocenters. The van der Waals surface area contributed by atoms with Crippen molar-refractivity contribution in [2.45, 2.75) is 128 Å². The topological polar surface area (TPSA) is 121 Å². The molecule has 0 aromatic heterocycles. The standard InChI is InChI=1S/C24H44O7/c1-2-3-4-5-6-7-8-9-10-11-12-13-14-15-16-17-18-31-22(27)20-24(30,23(28)29)19-21(25)26/h30H,2-20H2,1H3,(H,25,26)(H,28,29). The van der Waals surface area contributed by atoms with Crippen molar-refractivity contribution < 1.29 is 34.4 Å². The first-order valence-corrected chi connectivity index (χ1v) is 12.1. The zero-order valence-electron chi connectivity index (χ0n) is 19.4. The van der Waals surface area contributed by atoms with Crippen LogP contribution in [0.3, 0.4) is 0 Å². The fraction of sp³-hybridized carbons (Fsp3) is 0.875. The quantitative estimate of drug-likeness (QED) is 0.149. The van der Waals surface area contributed by atoms with E-state index in [0.717, 1.165) is 19.3 Å². The third-order valence-corrected chi connectivity index (χ3v) is 5.54. The molecule has 0 fully saturated rings. The lowest BCUT2D eigenvalue weighted by Crippen LogP contribution is -2.43. The van der Waals surface area contributed by atoms with E-state index in [2.05, 4.69) is 6.92 Å². The minimum absolute atomic E-state index is 0.153. The number of ether oxygens (including phenoxy) is 1. The van der Waals surface area contributed by atoms with Crippen LogP contribution in [0.5, 0.6) is 0 Å². The van der Waals surface area contributed by atoms with E-state index < -0.39 is 36.4 Å². The van der Waals surface area contributed by atoms with Crippen molar-refractivity contribution in [1.29, 1.82) is 0 Å². The Kier molecular flexibility index (Phi) is 18.1. The predicted molar refractivity (Wildman–Crippen MR) is 120 cm³/mol. The maximum atomic E-state index is 11.7. The number of carbonyl (C=O) groups excluding carboxylic acids is 1. The van der Waals surface area contributed by atoms with Crippen LogP contribution in [0, 0.1) is 0 Å². The van der Waals surface area contributed by atoms with Crippen molar-refractivity contribution in [3.8, 4) is 0 Å². The molecule has 7 heteroatoms. The highest BCUT2D eigenvalue weighted by Gasteiger charge is 2.41. The summed E-state index contributed by atoms with van der Waals surface area (Å²) in [7, 11) is 0. The molecule has 0 saturated carbocycles. The first-order valence-electron chi connectivity index (χ1n) is 12.1. The lowest BCUT2D eigenvalue weighted by atomic mass is 9.96. The van der Waals surface area contributed by atoms with Gasteiger partial charge in [0.25, 0.3) is 0 Å². The molecule has 7 nitrogen and oxygen atoms in total. The van der Waals surface area contributed by atoms with Crippen LogP contribution in [-0.4, -0.2) is 45.4 Å². The number of hydrogen-bond acceptors (Lipinski definition) is 5. The van der Waals surface area contributed by atoms with Crippen LogP contribution < -0.4 is 0 Å². The lowest BCUT2D eigenvalue weighted by molar-refractivity contribution is -0.172.